The summed E-state index contributed by atoms with van der Waals surface area (Å²) >= 11 is 7.09. The first kappa shape index (κ1) is 13.1. The van der Waals surface area contributed by atoms with Crippen LogP contribution >= 0.6 is 23.4 Å². The molecule has 0 amide bonds. The predicted molar refractivity (Wildman–Crippen MR) is 58.5 cm³/mol. The largest absolute Gasteiger partial charge is 0.463 e. The lowest BCUT2D eigenvalue weighted by Crippen LogP contribution is -2.27. The van der Waals surface area contributed by atoms with E-state index in [1.54, 1.807) is 11.8 Å². The third-order valence-electron chi connectivity index (χ3n) is 1.24. The zero-order valence-corrected chi connectivity index (χ0v) is 10.2. The van der Waals surface area contributed by atoms with E-state index < -0.39 is 0 Å². The van der Waals surface area contributed by atoms with Crippen LogP contribution in [0.3, 0.4) is 0 Å². The molecular weight excluding hydrogens is 208 g/mol. The molecule has 0 unspecified atom stereocenters. The molecule has 0 aromatic rings. The van der Waals surface area contributed by atoms with E-state index in [-0.39, 0.29) is 16.6 Å². The number of alkyl halides is 1. The summed E-state index contributed by atoms with van der Waals surface area (Å²) in [6, 6.07) is 0. The molecule has 0 aliphatic rings. The quantitative estimate of drug-likeness (QED) is 0.531. The first-order chi connectivity index (χ1) is 5.87. The van der Waals surface area contributed by atoms with E-state index in [4.69, 9.17) is 16.3 Å². The first-order valence-electron chi connectivity index (χ1n) is 4.27. The number of hydrogen-bond donors (Lipinski definition) is 0. The number of ether oxygens (including phenoxy) is 1. The molecule has 0 N–H and O–H groups in total. The van der Waals surface area contributed by atoms with Crippen LogP contribution in [0.2, 0.25) is 0 Å². The summed E-state index contributed by atoms with van der Waals surface area (Å²) in [6.45, 7) is 8.77. The smallest absolute Gasteiger partial charge is 0.320 e. The minimum Gasteiger partial charge on any atom is -0.463 e. The van der Waals surface area contributed by atoms with Crippen molar-refractivity contribution in [2.75, 3.05) is 12.5 Å². The Kier molecular flexibility index (Phi) is 5.81. The Morgan fingerprint density at radius 1 is 1.54 bits per heavy atom. The molecule has 0 radical (unpaired) electrons. The van der Waals surface area contributed by atoms with Crippen LogP contribution in [0.5, 0.6) is 0 Å². The van der Waals surface area contributed by atoms with Gasteiger partial charge in [0.1, 0.15) is 12.5 Å². The van der Waals surface area contributed by atoms with E-state index in [9.17, 15) is 4.79 Å². The third kappa shape index (κ3) is 7.20. The Balaban J connectivity index is 3.81. The summed E-state index contributed by atoms with van der Waals surface area (Å²) in [5.74, 6) is -0.415. The van der Waals surface area contributed by atoms with E-state index >= 15 is 0 Å². The molecule has 0 aromatic heterocycles. The van der Waals surface area contributed by atoms with Gasteiger partial charge < -0.3 is 4.74 Å². The first-order valence-corrected chi connectivity index (χ1v) is 5.68. The Hall–Kier alpha value is 0.110. The van der Waals surface area contributed by atoms with Crippen LogP contribution in [-0.2, 0) is 9.53 Å². The highest BCUT2D eigenvalue weighted by Gasteiger charge is 2.21. The van der Waals surface area contributed by atoms with Gasteiger partial charge in [-0.2, -0.15) is 0 Å². The molecule has 13 heavy (non-hydrogen) atoms. The maximum absolute atomic E-state index is 10.8. The van der Waals surface area contributed by atoms with Crippen molar-refractivity contribution in [3.63, 3.8) is 0 Å². The van der Waals surface area contributed by atoms with Crippen LogP contribution in [0, 0.1) is 0 Å². The average molecular weight is 225 g/mol. The van der Waals surface area contributed by atoms with Crippen LogP contribution in [0.15, 0.2) is 0 Å². The van der Waals surface area contributed by atoms with Crippen molar-refractivity contribution >= 4 is 29.3 Å². The highest BCUT2D eigenvalue weighted by molar-refractivity contribution is 8.01. The van der Waals surface area contributed by atoms with E-state index in [1.807, 2.05) is 0 Å². The number of hydrogen-bond acceptors (Lipinski definition) is 3. The topological polar surface area (TPSA) is 26.3 Å². The summed E-state index contributed by atoms with van der Waals surface area (Å²) in [7, 11) is 0. The molecule has 0 rings (SSSR count). The van der Waals surface area contributed by atoms with E-state index in [0.29, 0.717) is 11.9 Å². The summed E-state index contributed by atoms with van der Waals surface area (Å²) in [6.07, 6.45) is 0. The van der Waals surface area contributed by atoms with Gasteiger partial charge >= 0.3 is 5.97 Å². The van der Waals surface area contributed by atoms with Crippen LogP contribution in [0.25, 0.3) is 0 Å². The molecule has 0 atom stereocenters. The second kappa shape index (κ2) is 5.76. The van der Waals surface area contributed by atoms with Gasteiger partial charge in [0.25, 0.3) is 0 Å². The van der Waals surface area contributed by atoms with Crippen molar-refractivity contribution in [3.05, 3.63) is 0 Å². The SMILES string of the molecule is CC(C)SC(C)(C)COC(=O)CCl. The molecule has 0 fully saturated rings. The van der Waals surface area contributed by atoms with Gasteiger partial charge in [-0.05, 0) is 19.1 Å². The van der Waals surface area contributed by atoms with Gasteiger partial charge in [0.2, 0.25) is 0 Å². The molecule has 2 nitrogen and oxygen atoms in total. The molecule has 0 aliphatic carbocycles. The van der Waals surface area contributed by atoms with Crippen LogP contribution in [-0.4, -0.2) is 28.5 Å². The molecule has 0 bridgehead atoms. The second-order valence-corrected chi connectivity index (χ2v) is 6.27. The number of esters is 1. The fourth-order valence-electron chi connectivity index (χ4n) is 0.965. The average Bonchev–Trinajstić information content (AvgIpc) is 1.98. The van der Waals surface area contributed by atoms with Crippen LogP contribution < -0.4 is 0 Å². The number of rotatable bonds is 5. The third-order valence-corrected chi connectivity index (χ3v) is 2.69. The van der Waals surface area contributed by atoms with E-state index in [0.717, 1.165) is 0 Å². The van der Waals surface area contributed by atoms with Gasteiger partial charge in [0.15, 0.2) is 0 Å². The van der Waals surface area contributed by atoms with Crippen molar-refractivity contribution in [1.82, 2.24) is 0 Å². The molecule has 0 heterocycles. The molecule has 4 heteroatoms. The van der Waals surface area contributed by atoms with Gasteiger partial charge in [-0.1, -0.05) is 13.8 Å². The zero-order valence-electron chi connectivity index (χ0n) is 8.59. The Bertz CT molecular complexity index is 169. The van der Waals surface area contributed by atoms with E-state index in [2.05, 4.69) is 27.7 Å². The van der Waals surface area contributed by atoms with Crippen molar-refractivity contribution in [2.45, 2.75) is 37.7 Å². The Morgan fingerprint density at radius 2 is 2.08 bits per heavy atom. The summed E-state index contributed by atoms with van der Waals surface area (Å²) in [5.41, 5.74) is 0. The summed E-state index contributed by atoms with van der Waals surface area (Å²) < 4.78 is 4.93. The minimum atomic E-state index is -0.348. The van der Waals surface area contributed by atoms with Gasteiger partial charge in [-0.25, -0.2) is 0 Å². The summed E-state index contributed by atoms with van der Waals surface area (Å²) in [4.78, 5) is 10.8. The van der Waals surface area contributed by atoms with Gasteiger partial charge in [-0.15, -0.1) is 23.4 Å². The lowest BCUT2D eigenvalue weighted by molar-refractivity contribution is -0.141. The summed E-state index contributed by atoms with van der Waals surface area (Å²) in [5, 5.41) is 0.532. The Labute approximate surface area is 89.4 Å². The molecule has 0 saturated carbocycles. The van der Waals surface area contributed by atoms with E-state index in [1.165, 1.54) is 0 Å². The normalized spacial score (nSPS) is 11.8. The second-order valence-electron chi connectivity index (χ2n) is 3.72. The Morgan fingerprint density at radius 3 is 2.46 bits per heavy atom. The van der Waals surface area contributed by atoms with Crippen molar-refractivity contribution < 1.29 is 9.53 Å². The molecule has 0 spiro atoms. The zero-order chi connectivity index (χ0) is 10.5. The molecule has 0 aromatic carbocycles. The van der Waals surface area contributed by atoms with Gasteiger partial charge in [0, 0.05) is 4.75 Å². The van der Waals surface area contributed by atoms with Crippen LogP contribution in [0.4, 0.5) is 0 Å². The number of halogens is 1. The predicted octanol–water partition coefficient (Wildman–Crippen LogP) is 2.69. The van der Waals surface area contributed by atoms with Crippen molar-refractivity contribution in [1.29, 1.82) is 0 Å². The van der Waals surface area contributed by atoms with Crippen LogP contribution in [0.1, 0.15) is 27.7 Å². The maximum Gasteiger partial charge on any atom is 0.320 e. The van der Waals surface area contributed by atoms with Gasteiger partial charge in [-0.3, -0.25) is 4.79 Å². The van der Waals surface area contributed by atoms with Crippen molar-refractivity contribution in [2.24, 2.45) is 0 Å². The fourth-order valence-corrected chi connectivity index (χ4v) is 2.45. The van der Waals surface area contributed by atoms with Crippen molar-refractivity contribution in [3.8, 4) is 0 Å². The molecular formula is C9H17ClO2S. The highest BCUT2D eigenvalue weighted by Crippen LogP contribution is 2.28. The number of carbonyl (C=O) groups is 1. The highest BCUT2D eigenvalue weighted by atomic mass is 35.5. The minimum absolute atomic E-state index is 0.0319. The number of carbonyl (C=O) groups excluding carboxylic acids is 1. The monoisotopic (exact) mass is 224 g/mol. The number of thioether (sulfide) groups is 1. The maximum atomic E-state index is 10.8. The molecule has 0 aliphatic heterocycles. The van der Waals surface area contributed by atoms with Gasteiger partial charge in [0.05, 0.1) is 0 Å². The lowest BCUT2D eigenvalue weighted by Gasteiger charge is -2.25. The fraction of sp³-hybridized carbons (Fsp3) is 0.889. The molecule has 0 saturated heterocycles. The molecule has 78 valence electrons. The lowest BCUT2D eigenvalue weighted by atomic mass is 10.2. The standard InChI is InChI=1S/C9H17ClO2S/c1-7(2)13-9(3,4)6-12-8(11)5-10/h7H,5-6H2,1-4H3.